The summed E-state index contributed by atoms with van der Waals surface area (Å²) >= 11 is 0. The number of carboxylic acid groups (broad SMARTS) is 1. The van der Waals surface area contributed by atoms with Crippen LogP contribution in [0.2, 0.25) is 0 Å². The van der Waals surface area contributed by atoms with Gasteiger partial charge in [-0.05, 0) is 71.2 Å². The van der Waals surface area contributed by atoms with E-state index >= 15 is 0 Å². The highest BCUT2D eigenvalue weighted by atomic mass is 16.5. The molecule has 1 aromatic carbocycles. The summed E-state index contributed by atoms with van der Waals surface area (Å²) in [6, 6.07) is 4.34. The van der Waals surface area contributed by atoms with Gasteiger partial charge in [-0.15, -0.1) is 0 Å². The molecule has 0 radical (unpaired) electrons. The number of rotatable bonds is 4. The standard InChI is InChI=1S/C23H30N4O3/c1-15-6-7-20-21(27(15)23(28)29)9-8-19(22(20)30-18-4-3-5-18)16-12-24-26(13-16)17-10-11-25(2)14-17/h8-9,12-13,15,17-18H,3-7,10-11,14H2,1-2H3,(H,28,29)/t15-,17?/m0/s1. The maximum absolute atomic E-state index is 11.9. The van der Waals surface area contributed by atoms with Crippen LogP contribution in [0.1, 0.15) is 50.6 Å². The molecule has 1 saturated heterocycles. The van der Waals surface area contributed by atoms with Gasteiger partial charge in [0.05, 0.1) is 24.0 Å². The Hall–Kier alpha value is -2.54. The van der Waals surface area contributed by atoms with Crippen LogP contribution in [-0.4, -0.2) is 58.2 Å². The summed E-state index contributed by atoms with van der Waals surface area (Å²) in [6.45, 7) is 4.08. The maximum atomic E-state index is 11.9. The minimum atomic E-state index is -0.899. The van der Waals surface area contributed by atoms with Gasteiger partial charge in [0.25, 0.3) is 0 Å². The van der Waals surface area contributed by atoms with Crippen LogP contribution < -0.4 is 9.64 Å². The first-order chi connectivity index (χ1) is 14.5. The van der Waals surface area contributed by atoms with Gasteiger partial charge in [-0.3, -0.25) is 9.58 Å². The number of aromatic nitrogens is 2. The number of fused-ring (bicyclic) bond motifs is 1. The predicted molar refractivity (Wildman–Crippen MR) is 115 cm³/mol. The lowest BCUT2D eigenvalue weighted by Crippen LogP contribution is -2.41. The second kappa shape index (κ2) is 7.61. The van der Waals surface area contributed by atoms with E-state index in [0.717, 1.165) is 73.3 Å². The molecule has 2 aliphatic heterocycles. The number of likely N-dealkylation sites (tertiary alicyclic amines) is 1. The number of carbonyl (C=O) groups is 1. The number of ether oxygens (including phenoxy) is 1. The smallest absolute Gasteiger partial charge is 0.412 e. The molecule has 7 nitrogen and oxygen atoms in total. The first-order valence-corrected chi connectivity index (χ1v) is 11.1. The second-order valence-corrected chi connectivity index (χ2v) is 9.06. The van der Waals surface area contributed by atoms with Crippen molar-refractivity contribution in [1.29, 1.82) is 0 Å². The van der Waals surface area contributed by atoms with Crippen molar-refractivity contribution in [1.82, 2.24) is 14.7 Å². The minimum Gasteiger partial charge on any atom is -0.489 e. The molecule has 0 spiro atoms. The lowest BCUT2D eigenvalue weighted by Gasteiger charge is -2.36. The van der Waals surface area contributed by atoms with E-state index in [4.69, 9.17) is 4.74 Å². The van der Waals surface area contributed by atoms with Crippen molar-refractivity contribution in [3.63, 3.8) is 0 Å². The van der Waals surface area contributed by atoms with Crippen molar-refractivity contribution in [3.8, 4) is 16.9 Å². The Morgan fingerprint density at radius 3 is 2.73 bits per heavy atom. The molecule has 7 heteroatoms. The number of hydrogen-bond donors (Lipinski definition) is 1. The minimum absolute atomic E-state index is 0.0282. The van der Waals surface area contributed by atoms with E-state index < -0.39 is 6.09 Å². The van der Waals surface area contributed by atoms with Gasteiger partial charge in [0.15, 0.2) is 0 Å². The van der Waals surface area contributed by atoms with Crippen molar-refractivity contribution in [2.24, 2.45) is 0 Å². The molecular formula is C23H30N4O3. The summed E-state index contributed by atoms with van der Waals surface area (Å²) in [5.74, 6) is 0.860. The predicted octanol–water partition coefficient (Wildman–Crippen LogP) is 4.18. The fourth-order valence-corrected chi connectivity index (χ4v) is 4.92. The van der Waals surface area contributed by atoms with Crippen molar-refractivity contribution in [3.05, 3.63) is 30.1 Å². The molecule has 2 fully saturated rings. The van der Waals surface area contributed by atoms with Crippen LogP contribution in [0.4, 0.5) is 10.5 Å². The highest BCUT2D eigenvalue weighted by Crippen LogP contribution is 2.44. The van der Waals surface area contributed by atoms with Crippen LogP contribution >= 0.6 is 0 Å². The van der Waals surface area contributed by atoms with E-state index in [9.17, 15) is 9.90 Å². The number of benzene rings is 1. The van der Waals surface area contributed by atoms with Crippen molar-refractivity contribution >= 4 is 11.8 Å². The average Bonchev–Trinajstić information content (AvgIpc) is 3.32. The average molecular weight is 411 g/mol. The maximum Gasteiger partial charge on any atom is 0.412 e. The van der Waals surface area contributed by atoms with Gasteiger partial charge in [0.2, 0.25) is 0 Å². The van der Waals surface area contributed by atoms with Gasteiger partial charge in [0.1, 0.15) is 5.75 Å². The van der Waals surface area contributed by atoms with E-state index in [1.807, 2.05) is 25.3 Å². The number of hydrogen-bond acceptors (Lipinski definition) is 4. The Morgan fingerprint density at radius 2 is 2.07 bits per heavy atom. The molecule has 160 valence electrons. The monoisotopic (exact) mass is 410 g/mol. The fraction of sp³-hybridized carbons (Fsp3) is 0.565. The summed E-state index contributed by atoms with van der Waals surface area (Å²) in [5.41, 5.74) is 3.86. The zero-order valence-corrected chi connectivity index (χ0v) is 17.8. The fourth-order valence-electron chi connectivity index (χ4n) is 4.92. The quantitative estimate of drug-likeness (QED) is 0.819. The zero-order chi connectivity index (χ0) is 20.8. The van der Waals surface area contributed by atoms with Gasteiger partial charge in [0, 0.05) is 35.5 Å². The van der Waals surface area contributed by atoms with Gasteiger partial charge >= 0.3 is 6.09 Å². The molecule has 1 amide bonds. The van der Waals surface area contributed by atoms with E-state index in [1.54, 1.807) is 0 Å². The first-order valence-electron chi connectivity index (χ1n) is 11.1. The molecule has 2 atom stereocenters. The molecule has 3 heterocycles. The molecule has 2 aromatic rings. The van der Waals surface area contributed by atoms with Crippen molar-refractivity contribution < 1.29 is 14.6 Å². The zero-order valence-electron chi connectivity index (χ0n) is 17.8. The Bertz CT molecular complexity index is 952. The Balaban J connectivity index is 1.55. The van der Waals surface area contributed by atoms with Gasteiger partial charge in [-0.2, -0.15) is 5.10 Å². The van der Waals surface area contributed by atoms with Crippen LogP contribution in [-0.2, 0) is 6.42 Å². The topological polar surface area (TPSA) is 70.8 Å². The molecule has 3 aliphatic rings. The number of nitrogens with zero attached hydrogens (tertiary/aromatic N) is 4. The summed E-state index contributed by atoms with van der Waals surface area (Å²) in [7, 11) is 2.15. The van der Waals surface area contributed by atoms with E-state index in [2.05, 4.69) is 27.9 Å². The van der Waals surface area contributed by atoms with Crippen molar-refractivity contribution in [2.75, 3.05) is 25.0 Å². The van der Waals surface area contributed by atoms with Gasteiger partial charge in [-0.25, -0.2) is 4.79 Å². The highest BCUT2D eigenvalue weighted by Gasteiger charge is 2.33. The van der Waals surface area contributed by atoms with Crippen LogP contribution in [0.5, 0.6) is 5.75 Å². The summed E-state index contributed by atoms with van der Waals surface area (Å²) < 4.78 is 8.56. The first kappa shape index (κ1) is 19.4. The van der Waals surface area contributed by atoms with Crippen LogP contribution in [0.15, 0.2) is 24.5 Å². The third-order valence-electron chi connectivity index (χ3n) is 6.94. The van der Waals surface area contributed by atoms with Crippen LogP contribution in [0.25, 0.3) is 11.1 Å². The van der Waals surface area contributed by atoms with Crippen LogP contribution in [0, 0.1) is 0 Å². The molecule has 1 aliphatic carbocycles. The molecular weight excluding hydrogens is 380 g/mol. The Labute approximate surface area is 177 Å². The molecule has 1 aromatic heterocycles. The Morgan fingerprint density at radius 1 is 1.23 bits per heavy atom. The highest BCUT2D eigenvalue weighted by molar-refractivity contribution is 5.91. The number of likely N-dealkylation sites (N-methyl/N-ethyl adjacent to an activating group) is 1. The molecule has 0 bridgehead atoms. The van der Waals surface area contributed by atoms with Crippen molar-refractivity contribution in [2.45, 2.75) is 63.6 Å². The number of amides is 1. The second-order valence-electron chi connectivity index (χ2n) is 9.06. The molecule has 1 saturated carbocycles. The van der Waals surface area contributed by atoms with Gasteiger partial charge < -0.3 is 14.7 Å². The molecule has 1 N–H and O–H groups in total. The third-order valence-corrected chi connectivity index (χ3v) is 6.94. The van der Waals surface area contributed by atoms with Crippen LogP contribution in [0.3, 0.4) is 0 Å². The Kier molecular flexibility index (Phi) is 4.93. The summed E-state index contributed by atoms with van der Waals surface area (Å²) in [5, 5.41) is 14.4. The lowest BCUT2D eigenvalue weighted by atomic mass is 9.91. The normalized spacial score (nSPS) is 24.5. The van der Waals surface area contributed by atoms with E-state index in [-0.39, 0.29) is 12.1 Å². The molecule has 5 rings (SSSR count). The third kappa shape index (κ3) is 3.35. The van der Waals surface area contributed by atoms with Gasteiger partial charge in [-0.1, -0.05) is 0 Å². The SMILES string of the molecule is C[C@H]1CCc2c(ccc(-c3cnn(C4CCN(C)C4)c3)c2OC2CCC2)N1C(=O)O. The number of anilines is 1. The summed E-state index contributed by atoms with van der Waals surface area (Å²) in [4.78, 5) is 15.8. The van der Waals surface area contributed by atoms with E-state index in [1.165, 1.54) is 11.3 Å². The lowest BCUT2D eigenvalue weighted by molar-refractivity contribution is 0.119. The summed E-state index contributed by atoms with van der Waals surface area (Å²) in [6.07, 6.45) is 9.45. The molecule has 1 unspecified atom stereocenters. The van der Waals surface area contributed by atoms with E-state index in [0.29, 0.717) is 6.04 Å². The largest absolute Gasteiger partial charge is 0.489 e. The molecule has 30 heavy (non-hydrogen) atoms.